The topological polar surface area (TPSA) is 106 Å². The summed E-state index contributed by atoms with van der Waals surface area (Å²) in [5.74, 6) is -1.67. The van der Waals surface area contributed by atoms with E-state index >= 15 is 0 Å². The number of halogens is 1. The Balaban J connectivity index is 2.28. The molecule has 0 aliphatic carbocycles. The fraction of sp³-hybridized carbons (Fsp3) is 0.364. The molecule has 1 amide bonds. The summed E-state index contributed by atoms with van der Waals surface area (Å²) in [6, 6.07) is 3.23. The maximum absolute atomic E-state index is 13.0. The summed E-state index contributed by atoms with van der Waals surface area (Å²) in [6.45, 7) is 0.266. The van der Waals surface area contributed by atoms with E-state index in [0.717, 1.165) is 22.5 Å². The Hall–Kier alpha value is -1.67. The van der Waals surface area contributed by atoms with Gasteiger partial charge in [-0.1, -0.05) is 0 Å². The summed E-state index contributed by atoms with van der Waals surface area (Å²) in [4.78, 5) is 11.0. The largest absolute Gasteiger partial charge is 0.396 e. The van der Waals surface area contributed by atoms with Crippen molar-refractivity contribution in [3.63, 3.8) is 0 Å². The predicted octanol–water partition coefficient (Wildman–Crippen LogP) is -0.0962. The fourth-order valence-electron chi connectivity index (χ4n) is 2.01. The van der Waals surface area contributed by atoms with Crippen molar-refractivity contribution >= 4 is 21.6 Å². The van der Waals surface area contributed by atoms with Gasteiger partial charge in [0.05, 0.1) is 16.5 Å². The summed E-state index contributed by atoms with van der Waals surface area (Å²) in [7, 11) is -3.77. The van der Waals surface area contributed by atoms with Crippen molar-refractivity contribution in [2.24, 2.45) is 11.7 Å². The summed E-state index contributed by atoms with van der Waals surface area (Å²) in [6.07, 6.45) is 0.394. The Labute approximate surface area is 110 Å². The number of benzene rings is 1. The first-order valence-electron chi connectivity index (χ1n) is 5.67. The van der Waals surface area contributed by atoms with E-state index in [0.29, 0.717) is 6.42 Å². The van der Waals surface area contributed by atoms with Crippen LogP contribution >= 0.6 is 0 Å². The second kappa shape index (κ2) is 4.78. The monoisotopic (exact) mass is 287 g/mol. The average molecular weight is 287 g/mol. The van der Waals surface area contributed by atoms with Crippen molar-refractivity contribution in [1.82, 2.24) is 4.31 Å². The van der Waals surface area contributed by atoms with E-state index in [-0.39, 0.29) is 23.7 Å². The van der Waals surface area contributed by atoms with E-state index in [1.54, 1.807) is 0 Å². The number of primary amides is 1. The lowest BCUT2D eigenvalue weighted by atomic mass is 10.1. The SMILES string of the molecule is NC(=O)C1CCN(S(=O)(=O)c2ccc(F)c(N)c2)C1. The molecule has 4 N–H and O–H groups in total. The molecule has 0 spiro atoms. The molecular weight excluding hydrogens is 273 g/mol. The molecule has 1 heterocycles. The maximum Gasteiger partial charge on any atom is 0.243 e. The van der Waals surface area contributed by atoms with Gasteiger partial charge in [0.15, 0.2) is 0 Å². The lowest BCUT2D eigenvalue weighted by molar-refractivity contribution is -0.121. The van der Waals surface area contributed by atoms with Gasteiger partial charge in [0.1, 0.15) is 5.82 Å². The number of amides is 1. The first kappa shape index (κ1) is 13.8. The molecule has 8 heteroatoms. The summed E-state index contributed by atoms with van der Waals surface area (Å²) >= 11 is 0. The van der Waals surface area contributed by atoms with Crippen LogP contribution in [0.2, 0.25) is 0 Å². The molecule has 1 aliphatic rings. The molecule has 1 unspecified atom stereocenters. The van der Waals surface area contributed by atoms with Crippen LogP contribution in [0.25, 0.3) is 0 Å². The van der Waals surface area contributed by atoms with Crippen molar-refractivity contribution in [2.75, 3.05) is 18.8 Å². The number of carbonyl (C=O) groups is 1. The Bertz CT molecular complexity index is 618. The molecular formula is C11H14FN3O3S. The van der Waals surface area contributed by atoms with Gasteiger partial charge in [-0.3, -0.25) is 4.79 Å². The number of carbonyl (C=O) groups excluding carboxylic acids is 1. The van der Waals surface area contributed by atoms with Gasteiger partial charge in [-0.15, -0.1) is 0 Å². The van der Waals surface area contributed by atoms with Gasteiger partial charge < -0.3 is 11.5 Å². The van der Waals surface area contributed by atoms with E-state index in [9.17, 15) is 17.6 Å². The number of rotatable bonds is 3. The number of sulfonamides is 1. The van der Waals surface area contributed by atoms with Gasteiger partial charge in [0, 0.05) is 13.1 Å². The van der Waals surface area contributed by atoms with Crippen LogP contribution in [0.15, 0.2) is 23.1 Å². The highest BCUT2D eigenvalue weighted by Crippen LogP contribution is 2.25. The number of nitrogens with zero attached hydrogens (tertiary/aromatic N) is 1. The van der Waals surface area contributed by atoms with Crippen molar-refractivity contribution in [3.05, 3.63) is 24.0 Å². The van der Waals surface area contributed by atoms with Crippen molar-refractivity contribution in [1.29, 1.82) is 0 Å². The van der Waals surface area contributed by atoms with Crippen LogP contribution in [-0.2, 0) is 14.8 Å². The lowest BCUT2D eigenvalue weighted by Crippen LogP contribution is -2.31. The molecule has 1 atom stereocenters. The third-order valence-corrected chi connectivity index (χ3v) is 5.02. The zero-order valence-electron chi connectivity index (χ0n) is 10.0. The molecule has 1 aliphatic heterocycles. The highest BCUT2D eigenvalue weighted by atomic mass is 32.2. The minimum absolute atomic E-state index is 0.0505. The van der Waals surface area contributed by atoms with E-state index in [1.807, 2.05) is 0 Å². The van der Waals surface area contributed by atoms with Crippen molar-refractivity contribution < 1.29 is 17.6 Å². The molecule has 0 bridgehead atoms. The van der Waals surface area contributed by atoms with Crippen LogP contribution < -0.4 is 11.5 Å². The zero-order valence-corrected chi connectivity index (χ0v) is 10.9. The normalized spacial score (nSPS) is 20.6. The Kier molecular flexibility index (Phi) is 3.46. The number of hydrogen-bond donors (Lipinski definition) is 2. The van der Waals surface area contributed by atoms with E-state index in [2.05, 4.69) is 0 Å². The predicted molar refractivity (Wildman–Crippen MR) is 66.9 cm³/mol. The first-order valence-corrected chi connectivity index (χ1v) is 7.11. The Morgan fingerprint density at radius 1 is 1.42 bits per heavy atom. The molecule has 1 aromatic rings. The van der Waals surface area contributed by atoms with Crippen molar-refractivity contribution in [2.45, 2.75) is 11.3 Å². The second-order valence-corrected chi connectivity index (χ2v) is 6.37. The van der Waals surface area contributed by atoms with Crippen LogP contribution in [-0.4, -0.2) is 31.7 Å². The molecule has 0 aromatic heterocycles. The zero-order chi connectivity index (χ0) is 14.2. The average Bonchev–Trinajstić information content (AvgIpc) is 2.82. The van der Waals surface area contributed by atoms with Crippen LogP contribution in [0.1, 0.15) is 6.42 Å². The van der Waals surface area contributed by atoms with Gasteiger partial charge in [0.25, 0.3) is 0 Å². The van der Waals surface area contributed by atoms with Crippen LogP contribution in [0, 0.1) is 11.7 Å². The summed E-state index contributed by atoms with van der Waals surface area (Å²) in [5, 5.41) is 0. The van der Waals surface area contributed by atoms with Crippen LogP contribution in [0.4, 0.5) is 10.1 Å². The molecule has 1 aromatic carbocycles. The molecule has 6 nitrogen and oxygen atoms in total. The molecule has 104 valence electrons. The first-order chi connectivity index (χ1) is 8.82. The second-order valence-electron chi connectivity index (χ2n) is 4.43. The van der Waals surface area contributed by atoms with E-state index in [1.165, 1.54) is 0 Å². The highest BCUT2D eigenvalue weighted by Gasteiger charge is 2.35. The summed E-state index contributed by atoms with van der Waals surface area (Å²) in [5.41, 5.74) is 10.3. The van der Waals surface area contributed by atoms with Crippen molar-refractivity contribution in [3.8, 4) is 0 Å². The van der Waals surface area contributed by atoms with E-state index < -0.39 is 27.7 Å². The number of nitrogens with two attached hydrogens (primary N) is 2. The molecule has 0 saturated carbocycles. The van der Waals surface area contributed by atoms with Crippen LogP contribution in [0.5, 0.6) is 0 Å². The van der Waals surface area contributed by atoms with Gasteiger partial charge >= 0.3 is 0 Å². The van der Waals surface area contributed by atoms with Gasteiger partial charge in [-0.25, -0.2) is 12.8 Å². The third kappa shape index (κ3) is 2.54. The van der Waals surface area contributed by atoms with E-state index in [4.69, 9.17) is 11.5 Å². The molecule has 1 fully saturated rings. The third-order valence-electron chi connectivity index (χ3n) is 3.16. The van der Waals surface area contributed by atoms with Gasteiger partial charge in [0.2, 0.25) is 15.9 Å². The molecule has 1 saturated heterocycles. The lowest BCUT2D eigenvalue weighted by Gasteiger charge is -2.16. The number of anilines is 1. The molecule has 0 radical (unpaired) electrons. The highest BCUT2D eigenvalue weighted by molar-refractivity contribution is 7.89. The smallest absolute Gasteiger partial charge is 0.243 e. The fourth-order valence-corrected chi connectivity index (χ4v) is 3.55. The Morgan fingerprint density at radius 2 is 2.11 bits per heavy atom. The maximum atomic E-state index is 13.0. The van der Waals surface area contributed by atoms with Crippen LogP contribution in [0.3, 0.4) is 0 Å². The molecule has 2 rings (SSSR count). The Morgan fingerprint density at radius 3 is 2.63 bits per heavy atom. The van der Waals surface area contributed by atoms with Gasteiger partial charge in [-0.2, -0.15) is 4.31 Å². The standard InChI is InChI=1S/C11H14FN3O3S/c12-9-2-1-8(5-10(9)13)19(17,18)15-4-3-7(6-15)11(14)16/h1-2,5,7H,3-4,6,13H2,(H2,14,16). The quantitative estimate of drug-likeness (QED) is 0.757. The minimum atomic E-state index is -3.77. The number of hydrogen-bond acceptors (Lipinski definition) is 4. The van der Waals surface area contributed by atoms with Gasteiger partial charge in [-0.05, 0) is 24.6 Å². The minimum Gasteiger partial charge on any atom is -0.396 e. The molecule has 19 heavy (non-hydrogen) atoms. The number of nitrogen functional groups attached to an aromatic ring is 1. The summed E-state index contributed by atoms with van der Waals surface area (Å²) < 4.78 is 38.7.